The van der Waals surface area contributed by atoms with Crippen LogP contribution in [0.3, 0.4) is 0 Å². The van der Waals surface area contributed by atoms with E-state index in [4.69, 9.17) is 16.3 Å². The molecule has 5 nitrogen and oxygen atoms in total. The first-order valence-electron chi connectivity index (χ1n) is 4.23. The average Bonchev–Trinajstić information content (AvgIpc) is 2.27. The van der Waals surface area contributed by atoms with Crippen molar-refractivity contribution < 1.29 is 9.90 Å². The summed E-state index contributed by atoms with van der Waals surface area (Å²) < 4.78 is 0. The van der Waals surface area contributed by atoms with Gasteiger partial charge in [0.25, 0.3) is 5.91 Å². The predicted octanol–water partition coefficient (Wildman–Crippen LogP) is 0.922. The van der Waals surface area contributed by atoms with Crippen molar-refractivity contribution in [1.29, 1.82) is 10.5 Å². The van der Waals surface area contributed by atoms with Crippen LogP contribution in [0.5, 0.6) is 5.75 Å². The molecule has 3 N–H and O–H groups in total. The maximum Gasteiger partial charge on any atom is 0.252 e. The molecule has 0 bridgehead atoms. The molecule has 0 fully saturated rings. The van der Waals surface area contributed by atoms with Crippen LogP contribution in [0.4, 0.5) is 0 Å². The maximum absolute atomic E-state index is 10.9. The van der Waals surface area contributed by atoms with E-state index in [9.17, 15) is 9.90 Å². The lowest BCUT2D eigenvalue weighted by Crippen LogP contribution is -2.11. The fourth-order valence-corrected chi connectivity index (χ4v) is 1.10. The zero-order valence-electron chi connectivity index (χ0n) is 8.14. The molecule has 5 heteroatoms. The summed E-state index contributed by atoms with van der Waals surface area (Å²) in [6.07, 6.45) is 1.30. The van der Waals surface area contributed by atoms with Crippen molar-refractivity contribution in [3.63, 3.8) is 0 Å². The Bertz CT molecular complexity index is 531. The highest BCUT2D eigenvalue weighted by atomic mass is 16.3. The van der Waals surface area contributed by atoms with Crippen molar-refractivity contribution in [2.75, 3.05) is 0 Å². The number of aromatic hydroxyl groups is 1. The monoisotopic (exact) mass is 213 g/mol. The molecular weight excluding hydrogens is 206 g/mol. The van der Waals surface area contributed by atoms with Crippen LogP contribution in [0.1, 0.15) is 15.9 Å². The lowest BCUT2D eigenvalue weighted by Gasteiger charge is -2.01. The summed E-state index contributed by atoms with van der Waals surface area (Å²) in [4.78, 5) is 10.9. The molecule has 0 radical (unpaired) electrons. The highest BCUT2D eigenvalue weighted by molar-refractivity contribution is 5.96. The largest absolute Gasteiger partial charge is 0.507 e. The number of amides is 1. The van der Waals surface area contributed by atoms with Gasteiger partial charge < -0.3 is 10.8 Å². The molecule has 0 saturated carbocycles. The second-order valence-electron chi connectivity index (χ2n) is 2.92. The van der Waals surface area contributed by atoms with E-state index in [-0.39, 0.29) is 16.9 Å². The zero-order valence-corrected chi connectivity index (χ0v) is 8.14. The Kier molecular flexibility index (Phi) is 3.26. The van der Waals surface area contributed by atoms with Gasteiger partial charge in [0.1, 0.15) is 23.5 Å². The van der Waals surface area contributed by atoms with E-state index in [2.05, 4.69) is 0 Å². The molecule has 1 aromatic rings. The summed E-state index contributed by atoms with van der Waals surface area (Å²) in [6.45, 7) is 0. The number of hydrogen-bond acceptors (Lipinski definition) is 4. The van der Waals surface area contributed by atoms with E-state index >= 15 is 0 Å². The maximum atomic E-state index is 10.9. The standard InChI is InChI=1S/C11H7N3O2/c12-5-8(6-13)3-7-1-2-10(15)9(4-7)11(14)16/h1-4,15H,(H2,14,16). The Labute approximate surface area is 91.6 Å². The minimum Gasteiger partial charge on any atom is -0.507 e. The van der Waals surface area contributed by atoms with E-state index in [0.29, 0.717) is 5.56 Å². The molecule has 0 spiro atoms. The summed E-state index contributed by atoms with van der Waals surface area (Å²) in [7, 11) is 0. The number of nitriles is 2. The molecule has 0 heterocycles. The van der Waals surface area contributed by atoms with Crippen LogP contribution < -0.4 is 5.73 Å². The van der Waals surface area contributed by atoms with Gasteiger partial charge in [-0.2, -0.15) is 10.5 Å². The first-order chi connectivity index (χ1) is 7.58. The predicted molar refractivity (Wildman–Crippen MR) is 55.8 cm³/mol. The van der Waals surface area contributed by atoms with Gasteiger partial charge in [-0.3, -0.25) is 4.79 Å². The number of carbonyl (C=O) groups is 1. The van der Waals surface area contributed by atoms with Crippen molar-refractivity contribution in [3.05, 3.63) is 34.9 Å². The minimum atomic E-state index is -0.775. The van der Waals surface area contributed by atoms with Gasteiger partial charge in [0.15, 0.2) is 0 Å². The molecule has 78 valence electrons. The second kappa shape index (κ2) is 4.63. The summed E-state index contributed by atoms with van der Waals surface area (Å²) >= 11 is 0. The van der Waals surface area contributed by atoms with Gasteiger partial charge in [-0.15, -0.1) is 0 Å². The Morgan fingerprint density at radius 2 is 2.00 bits per heavy atom. The molecule has 1 amide bonds. The van der Waals surface area contributed by atoms with E-state index < -0.39 is 5.91 Å². The zero-order chi connectivity index (χ0) is 12.1. The molecule has 0 atom stereocenters. The molecular formula is C11H7N3O2. The first kappa shape index (κ1) is 11.3. The molecule has 1 rings (SSSR count). The number of carbonyl (C=O) groups excluding carboxylic acids is 1. The van der Waals surface area contributed by atoms with Gasteiger partial charge in [-0.05, 0) is 23.8 Å². The smallest absolute Gasteiger partial charge is 0.252 e. The molecule has 1 aromatic carbocycles. The van der Waals surface area contributed by atoms with Crippen molar-refractivity contribution in [2.45, 2.75) is 0 Å². The summed E-state index contributed by atoms with van der Waals surface area (Å²) in [5.74, 6) is -1.01. The molecule has 0 unspecified atom stereocenters. The second-order valence-corrected chi connectivity index (χ2v) is 2.92. The van der Waals surface area contributed by atoms with E-state index in [1.54, 1.807) is 12.1 Å². The summed E-state index contributed by atoms with van der Waals surface area (Å²) in [6, 6.07) is 7.43. The fraction of sp³-hybridized carbons (Fsp3) is 0. The molecule has 0 saturated heterocycles. The summed E-state index contributed by atoms with van der Waals surface area (Å²) in [5.41, 5.74) is 5.33. The van der Waals surface area contributed by atoms with Gasteiger partial charge in [0.2, 0.25) is 0 Å². The quantitative estimate of drug-likeness (QED) is 0.711. The number of rotatable bonds is 2. The van der Waals surface area contributed by atoms with Crippen LogP contribution in [-0.2, 0) is 0 Å². The molecule has 0 aliphatic rings. The topological polar surface area (TPSA) is 111 Å². The number of nitrogens with two attached hydrogens (primary N) is 1. The van der Waals surface area contributed by atoms with Gasteiger partial charge >= 0.3 is 0 Å². The number of hydrogen-bond donors (Lipinski definition) is 2. The van der Waals surface area contributed by atoms with Crippen LogP contribution in [0.2, 0.25) is 0 Å². The van der Waals surface area contributed by atoms with Gasteiger partial charge in [0, 0.05) is 0 Å². The molecule has 0 aromatic heterocycles. The number of primary amides is 1. The third-order valence-corrected chi connectivity index (χ3v) is 1.84. The van der Waals surface area contributed by atoms with E-state index in [0.717, 1.165) is 0 Å². The van der Waals surface area contributed by atoms with Crippen LogP contribution in [-0.4, -0.2) is 11.0 Å². The Morgan fingerprint density at radius 3 is 2.50 bits per heavy atom. The molecule has 16 heavy (non-hydrogen) atoms. The number of benzene rings is 1. The Morgan fingerprint density at radius 1 is 1.38 bits per heavy atom. The van der Waals surface area contributed by atoms with Gasteiger partial charge in [-0.25, -0.2) is 0 Å². The third-order valence-electron chi connectivity index (χ3n) is 1.84. The van der Waals surface area contributed by atoms with Crippen LogP contribution in [0, 0.1) is 22.7 Å². The van der Waals surface area contributed by atoms with Crippen LogP contribution >= 0.6 is 0 Å². The first-order valence-corrected chi connectivity index (χ1v) is 4.23. The minimum absolute atomic E-state index is 0.0519. The lowest BCUT2D eigenvalue weighted by molar-refractivity contribution is 0.0997. The molecule has 0 aliphatic heterocycles. The Hall–Kier alpha value is -2.79. The SMILES string of the molecule is N#CC(C#N)=Cc1ccc(O)c(C(N)=O)c1. The van der Waals surface area contributed by atoms with Crippen LogP contribution in [0.15, 0.2) is 23.8 Å². The molecule has 0 aliphatic carbocycles. The van der Waals surface area contributed by atoms with Crippen molar-refractivity contribution in [2.24, 2.45) is 5.73 Å². The fourth-order valence-electron chi connectivity index (χ4n) is 1.10. The van der Waals surface area contributed by atoms with E-state index in [1.165, 1.54) is 24.3 Å². The van der Waals surface area contributed by atoms with Crippen LogP contribution in [0.25, 0.3) is 6.08 Å². The van der Waals surface area contributed by atoms with Crippen molar-refractivity contribution in [3.8, 4) is 17.9 Å². The van der Waals surface area contributed by atoms with Crippen molar-refractivity contribution >= 4 is 12.0 Å². The number of allylic oxidation sites excluding steroid dienone is 1. The van der Waals surface area contributed by atoms with E-state index in [1.807, 2.05) is 0 Å². The number of phenols is 1. The lowest BCUT2D eigenvalue weighted by atomic mass is 10.1. The third kappa shape index (κ3) is 2.37. The van der Waals surface area contributed by atoms with Gasteiger partial charge in [0.05, 0.1) is 5.56 Å². The average molecular weight is 213 g/mol. The summed E-state index contributed by atoms with van der Waals surface area (Å²) in [5, 5.41) is 26.4. The normalized spacial score (nSPS) is 8.62. The highest BCUT2D eigenvalue weighted by Gasteiger charge is 2.07. The highest BCUT2D eigenvalue weighted by Crippen LogP contribution is 2.19. The van der Waals surface area contributed by atoms with Gasteiger partial charge in [-0.1, -0.05) is 6.07 Å². The van der Waals surface area contributed by atoms with Crippen molar-refractivity contribution in [1.82, 2.24) is 0 Å². The number of nitrogens with zero attached hydrogens (tertiary/aromatic N) is 2. The Balaban J connectivity index is 3.26.